The van der Waals surface area contributed by atoms with Crippen LogP contribution in [-0.4, -0.2) is 15.5 Å². The minimum atomic E-state index is -0.738. The van der Waals surface area contributed by atoms with Crippen molar-refractivity contribution in [1.82, 2.24) is 9.55 Å². The normalized spacial score (nSPS) is 10.6. The second kappa shape index (κ2) is 7.00. The van der Waals surface area contributed by atoms with Crippen molar-refractivity contribution < 1.29 is 9.21 Å². The minimum Gasteiger partial charge on any atom is -0.467 e. The van der Waals surface area contributed by atoms with E-state index in [1.54, 1.807) is 18.2 Å². The third-order valence-electron chi connectivity index (χ3n) is 3.38. The highest BCUT2D eigenvalue weighted by Gasteiger charge is 2.16. The summed E-state index contributed by atoms with van der Waals surface area (Å²) >= 11 is 11.7. The van der Waals surface area contributed by atoms with Crippen molar-refractivity contribution in [2.45, 2.75) is 6.54 Å². The highest BCUT2D eigenvalue weighted by molar-refractivity contribution is 6.42. The fourth-order valence-electron chi connectivity index (χ4n) is 2.15. The van der Waals surface area contributed by atoms with Gasteiger partial charge in [0.2, 0.25) is 0 Å². The Morgan fingerprint density at radius 2 is 2.00 bits per heavy atom. The number of rotatable bonds is 4. The van der Waals surface area contributed by atoms with E-state index in [-0.39, 0.29) is 17.1 Å². The van der Waals surface area contributed by atoms with Crippen LogP contribution in [0, 0.1) is 0 Å². The number of nitrogens with zero attached hydrogens (tertiary/aromatic N) is 1. The van der Waals surface area contributed by atoms with Crippen LogP contribution in [0.2, 0.25) is 10.0 Å². The van der Waals surface area contributed by atoms with Crippen LogP contribution in [-0.2, 0) is 6.54 Å². The molecule has 0 radical (unpaired) electrons. The van der Waals surface area contributed by atoms with Crippen LogP contribution in [0.15, 0.2) is 56.8 Å². The van der Waals surface area contributed by atoms with Gasteiger partial charge in [-0.05, 0) is 30.3 Å². The third-order valence-corrected chi connectivity index (χ3v) is 4.12. The van der Waals surface area contributed by atoms with E-state index in [4.69, 9.17) is 27.6 Å². The molecule has 0 atom stereocenters. The summed E-state index contributed by atoms with van der Waals surface area (Å²) in [5.41, 5.74) is -1.25. The molecule has 2 heterocycles. The van der Waals surface area contributed by atoms with Crippen LogP contribution in [0.4, 0.5) is 5.69 Å². The second-order valence-electron chi connectivity index (χ2n) is 5.06. The molecule has 1 aromatic carbocycles. The van der Waals surface area contributed by atoms with Gasteiger partial charge >= 0.3 is 5.69 Å². The number of amides is 1. The fraction of sp³-hybridized carbons (Fsp3) is 0.0625. The third kappa shape index (κ3) is 3.67. The van der Waals surface area contributed by atoms with Gasteiger partial charge in [-0.1, -0.05) is 23.2 Å². The van der Waals surface area contributed by atoms with Crippen molar-refractivity contribution in [1.29, 1.82) is 0 Å². The summed E-state index contributed by atoms with van der Waals surface area (Å²) in [6, 6.07) is 7.76. The van der Waals surface area contributed by atoms with E-state index in [9.17, 15) is 14.4 Å². The molecule has 2 aromatic heterocycles. The van der Waals surface area contributed by atoms with Crippen molar-refractivity contribution in [3.05, 3.63) is 85.0 Å². The van der Waals surface area contributed by atoms with Crippen LogP contribution in [0.5, 0.6) is 0 Å². The average molecular weight is 380 g/mol. The summed E-state index contributed by atoms with van der Waals surface area (Å²) in [5.74, 6) is -0.275. The predicted octanol–water partition coefficient (Wildman–Crippen LogP) is 2.74. The second-order valence-corrected chi connectivity index (χ2v) is 5.88. The zero-order valence-electron chi connectivity index (χ0n) is 12.6. The standard InChI is InChI=1S/C16H11Cl2N3O4/c17-12-4-3-9(6-13(12)18)20-14(22)11-7-19-16(24)21(15(11)23)8-10-2-1-5-25-10/h1-7H,8H2,(H,19,24)(H,20,22). The number of furan rings is 1. The van der Waals surface area contributed by atoms with E-state index in [0.717, 1.165) is 10.8 Å². The van der Waals surface area contributed by atoms with Gasteiger partial charge < -0.3 is 14.7 Å². The monoisotopic (exact) mass is 379 g/mol. The van der Waals surface area contributed by atoms with Gasteiger partial charge in [0.25, 0.3) is 11.5 Å². The van der Waals surface area contributed by atoms with Crippen molar-refractivity contribution in [3.63, 3.8) is 0 Å². The lowest BCUT2D eigenvalue weighted by Crippen LogP contribution is -2.39. The zero-order valence-corrected chi connectivity index (χ0v) is 14.1. The van der Waals surface area contributed by atoms with Crippen LogP contribution >= 0.6 is 23.2 Å². The zero-order chi connectivity index (χ0) is 18.0. The highest BCUT2D eigenvalue weighted by atomic mass is 35.5. The highest BCUT2D eigenvalue weighted by Crippen LogP contribution is 2.25. The Labute approximate surface area is 150 Å². The van der Waals surface area contributed by atoms with E-state index in [0.29, 0.717) is 16.5 Å². The molecule has 3 aromatic rings. The van der Waals surface area contributed by atoms with Gasteiger partial charge in [-0.25, -0.2) is 4.79 Å². The smallest absolute Gasteiger partial charge is 0.328 e. The number of hydrogen-bond acceptors (Lipinski definition) is 4. The van der Waals surface area contributed by atoms with E-state index < -0.39 is 17.2 Å². The van der Waals surface area contributed by atoms with Crippen molar-refractivity contribution in [2.24, 2.45) is 0 Å². The van der Waals surface area contributed by atoms with Crippen molar-refractivity contribution in [2.75, 3.05) is 5.32 Å². The molecule has 2 N–H and O–H groups in total. The molecule has 25 heavy (non-hydrogen) atoms. The van der Waals surface area contributed by atoms with Crippen LogP contribution in [0.25, 0.3) is 0 Å². The Kier molecular flexibility index (Phi) is 4.78. The number of hydrogen-bond donors (Lipinski definition) is 2. The number of benzene rings is 1. The maximum absolute atomic E-state index is 12.5. The maximum Gasteiger partial charge on any atom is 0.328 e. The lowest BCUT2D eigenvalue weighted by atomic mass is 10.2. The predicted molar refractivity (Wildman–Crippen MR) is 93.5 cm³/mol. The van der Waals surface area contributed by atoms with Gasteiger partial charge in [-0.15, -0.1) is 0 Å². The molecular formula is C16H11Cl2N3O4. The van der Waals surface area contributed by atoms with Gasteiger partial charge in [0.1, 0.15) is 11.3 Å². The van der Waals surface area contributed by atoms with Crippen LogP contribution in [0.3, 0.4) is 0 Å². The molecular weight excluding hydrogens is 369 g/mol. The minimum absolute atomic E-state index is 0.0882. The molecule has 0 bridgehead atoms. The summed E-state index contributed by atoms with van der Waals surface area (Å²) in [4.78, 5) is 39.1. The SMILES string of the molecule is O=C(Nc1ccc(Cl)c(Cl)c1)c1c[nH]c(=O)n(Cc2ccco2)c1=O. The number of halogens is 2. The van der Waals surface area contributed by atoms with E-state index in [1.165, 1.54) is 18.4 Å². The van der Waals surface area contributed by atoms with Gasteiger partial charge in [0, 0.05) is 11.9 Å². The van der Waals surface area contributed by atoms with Crippen molar-refractivity contribution in [3.8, 4) is 0 Å². The fourth-order valence-corrected chi connectivity index (χ4v) is 2.45. The lowest BCUT2D eigenvalue weighted by Gasteiger charge is -2.08. The molecule has 0 fully saturated rings. The van der Waals surface area contributed by atoms with Crippen molar-refractivity contribution >= 4 is 34.8 Å². The molecule has 0 aliphatic rings. The Balaban J connectivity index is 1.91. The number of carbonyl (C=O) groups is 1. The number of aromatic nitrogens is 2. The summed E-state index contributed by atoms with van der Waals surface area (Å²) in [7, 11) is 0. The first-order valence-electron chi connectivity index (χ1n) is 7.07. The first-order valence-corrected chi connectivity index (χ1v) is 7.82. The molecule has 1 amide bonds. The van der Waals surface area contributed by atoms with Gasteiger partial charge in [-0.3, -0.25) is 14.2 Å². The summed E-state index contributed by atoms with van der Waals surface area (Å²) in [5, 5.41) is 3.13. The summed E-state index contributed by atoms with van der Waals surface area (Å²) < 4.78 is 6.01. The van der Waals surface area contributed by atoms with Gasteiger partial charge in [0.05, 0.1) is 22.9 Å². The molecule has 0 spiro atoms. The number of nitrogens with one attached hydrogen (secondary N) is 2. The molecule has 3 rings (SSSR count). The Morgan fingerprint density at radius 1 is 1.20 bits per heavy atom. The largest absolute Gasteiger partial charge is 0.467 e. The van der Waals surface area contributed by atoms with Gasteiger partial charge in [0.15, 0.2) is 0 Å². The molecule has 128 valence electrons. The number of aromatic amines is 1. The Morgan fingerprint density at radius 3 is 2.68 bits per heavy atom. The summed E-state index contributed by atoms with van der Waals surface area (Å²) in [6.45, 7) is -0.0882. The van der Waals surface area contributed by atoms with Crippen LogP contribution in [0.1, 0.15) is 16.1 Å². The molecule has 0 aliphatic heterocycles. The topological polar surface area (TPSA) is 97.1 Å². The molecule has 0 aliphatic carbocycles. The quantitative estimate of drug-likeness (QED) is 0.727. The molecule has 9 heteroatoms. The average Bonchev–Trinajstić information content (AvgIpc) is 3.08. The molecule has 0 unspecified atom stereocenters. The maximum atomic E-state index is 12.5. The first-order chi connectivity index (χ1) is 12.0. The Hall–Kier alpha value is -2.77. The molecule has 0 saturated carbocycles. The Bertz CT molecular complexity index is 1040. The molecule has 7 nitrogen and oxygen atoms in total. The number of anilines is 1. The molecule has 0 saturated heterocycles. The van der Waals surface area contributed by atoms with Gasteiger partial charge in [-0.2, -0.15) is 0 Å². The van der Waals surface area contributed by atoms with E-state index in [1.807, 2.05) is 0 Å². The first kappa shape index (κ1) is 17.1. The van der Waals surface area contributed by atoms with E-state index in [2.05, 4.69) is 10.3 Å². The number of H-pyrrole nitrogens is 1. The lowest BCUT2D eigenvalue weighted by molar-refractivity contribution is 0.102. The van der Waals surface area contributed by atoms with Crippen LogP contribution < -0.4 is 16.6 Å². The number of carbonyl (C=O) groups excluding carboxylic acids is 1. The van der Waals surface area contributed by atoms with E-state index >= 15 is 0 Å². The summed E-state index contributed by atoms with van der Waals surface area (Å²) in [6.07, 6.45) is 2.49.